The Morgan fingerprint density at radius 2 is 1.40 bits per heavy atom. The molecule has 2 fully saturated rings. The highest BCUT2D eigenvalue weighted by molar-refractivity contribution is 4.83. The van der Waals surface area contributed by atoms with E-state index in [1.54, 1.807) is 0 Å². The van der Waals surface area contributed by atoms with Gasteiger partial charge >= 0.3 is 0 Å². The van der Waals surface area contributed by atoms with Gasteiger partial charge in [0.1, 0.15) is 0 Å². The fourth-order valence-electron chi connectivity index (χ4n) is 2.91. The molecule has 15 heavy (non-hydrogen) atoms. The molecule has 0 aromatic rings. The van der Waals surface area contributed by atoms with Crippen molar-refractivity contribution in [3.05, 3.63) is 0 Å². The van der Waals surface area contributed by atoms with E-state index >= 15 is 0 Å². The van der Waals surface area contributed by atoms with Gasteiger partial charge in [0.05, 0.1) is 0 Å². The Hall–Kier alpha value is -0.0400. The van der Waals surface area contributed by atoms with Crippen LogP contribution in [0.25, 0.3) is 0 Å². The molecule has 0 aromatic heterocycles. The monoisotopic (exact) mass is 211 g/mol. The molecule has 0 saturated carbocycles. The van der Waals surface area contributed by atoms with E-state index in [1.807, 2.05) is 13.8 Å². The van der Waals surface area contributed by atoms with Crippen LogP contribution in [0.15, 0.2) is 0 Å². The zero-order valence-electron chi connectivity index (χ0n) is 11.1. The summed E-state index contributed by atoms with van der Waals surface area (Å²) in [6.45, 7) is 11.6. The van der Waals surface area contributed by atoms with Crippen molar-refractivity contribution >= 4 is 0 Å². The summed E-state index contributed by atoms with van der Waals surface area (Å²) >= 11 is 0. The smallest absolute Gasteiger partial charge is 0.00955 e. The molecule has 3 unspecified atom stereocenters. The van der Waals surface area contributed by atoms with Gasteiger partial charge in [0.15, 0.2) is 0 Å². The van der Waals surface area contributed by atoms with Crippen molar-refractivity contribution in [2.45, 2.75) is 65.8 Å². The van der Waals surface area contributed by atoms with Crippen LogP contribution >= 0.6 is 0 Å². The summed E-state index contributed by atoms with van der Waals surface area (Å²) in [6.07, 6.45) is 7.30. The summed E-state index contributed by atoms with van der Waals surface area (Å²) in [5, 5.41) is 0. The summed E-state index contributed by atoms with van der Waals surface area (Å²) < 4.78 is 0. The molecule has 0 amide bonds. The van der Waals surface area contributed by atoms with Crippen LogP contribution in [0, 0.1) is 11.8 Å². The molecular formula is C14H29N. The zero-order valence-corrected chi connectivity index (χ0v) is 11.1. The molecular weight excluding hydrogens is 182 g/mol. The van der Waals surface area contributed by atoms with Crippen LogP contribution in [0.2, 0.25) is 0 Å². The topological polar surface area (TPSA) is 3.24 Å². The average molecular weight is 211 g/mol. The Kier molecular flexibility index (Phi) is 5.66. The van der Waals surface area contributed by atoms with Crippen molar-refractivity contribution < 1.29 is 0 Å². The number of hydrogen-bond donors (Lipinski definition) is 0. The van der Waals surface area contributed by atoms with Gasteiger partial charge in [0, 0.05) is 12.6 Å². The van der Waals surface area contributed by atoms with Gasteiger partial charge < -0.3 is 4.90 Å². The van der Waals surface area contributed by atoms with Crippen molar-refractivity contribution in [2.75, 3.05) is 13.1 Å². The summed E-state index contributed by atoms with van der Waals surface area (Å²) in [7, 11) is 0. The summed E-state index contributed by atoms with van der Waals surface area (Å²) in [5.41, 5.74) is 0. The Morgan fingerprint density at radius 3 is 2.07 bits per heavy atom. The van der Waals surface area contributed by atoms with Crippen molar-refractivity contribution in [1.82, 2.24) is 4.90 Å². The maximum absolute atomic E-state index is 2.76. The number of nitrogens with zero attached hydrogens (tertiary/aromatic N) is 1. The quantitative estimate of drug-likeness (QED) is 0.587. The van der Waals surface area contributed by atoms with Crippen molar-refractivity contribution in [2.24, 2.45) is 11.8 Å². The van der Waals surface area contributed by atoms with Gasteiger partial charge in [-0.05, 0) is 50.5 Å². The molecule has 3 atom stereocenters. The Balaban J connectivity index is 0.000000531. The molecule has 2 saturated heterocycles. The summed E-state index contributed by atoms with van der Waals surface area (Å²) in [5.74, 6) is 1.92. The van der Waals surface area contributed by atoms with Gasteiger partial charge in [0.25, 0.3) is 0 Å². The third-order valence-corrected chi connectivity index (χ3v) is 3.96. The van der Waals surface area contributed by atoms with Crippen LogP contribution in [-0.2, 0) is 0 Å². The Bertz CT molecular complexity index is 167. The number of rotatable bonds is 0. The van der Waals surface area contributed by atoms with Gasteiger partial charge in [-0.15, -0.1) is 0 Å². The molecule has 0 aromatic carbocycles. The van der Waals surface area contributed by atoms with E-state index in [-0.39, 0.29) is 0 Å². The first-order valence-electron chi connectivity index (χ1n) is 6.99. The third kappa shape index (κ3) is 3.79. The molecule has 0 spiro atoms. The van der Waals surface area contributed by atoms with E-state index in [2.05, 4.69) is 18.7 Å². The molecule has 0 N–H and O–H groups in total. The number of hydrogen-bond acceptors (Lipinski definition) is 1. The van der Waals surface area contributed by atoms with Gasteiger partial charge in [-0.25, -0.2) is 0 Å². The van der Waals surface area contributed by atoms with Crippen LogP contribution < -0.4 is 0 Å². The van der Waals surface area contributed by atoms with Gasteiger partial charge in [-0.3, -0.25) is 0 Å². The highest BCUT2D eigenvalue weighted by atomic mass is 15.2. The first kappa shape index (κ1) is 13.0. The normalized spacial score (nSPS) is 37.2. The fraction of sp³-hybridized carbons (Fsp3) is 1.00. The van der Waals surface area contributed by atoms with Crippen LogP contribution in [0.1, 0.15) is 59.8 Å². The van der Waals surface area contributed by atoms with Gasteiger partial charge in [-0.2, -0.15) is 0 Å². The summed E-state index contributed by atoms with van der Waals surface area (Å²) in [4.78, 5) is 2.76. The Morgan fingerprint density at radius 1 is 0.800 bits per heavy atom. The highest BCUT2D eigenvalue weighted by Gasteiger charge is 2.28. The van der Waals surface area contributed by atoms with Crippen LogP contribution in [-0.4, -0.2) is 24.0 Å². The lowest BCUT2D eigenvalue weighted by Crippen LogP contribution is -2.42. The molecule has 0 bridgehead atoms. The van der Waals surface area contributed by atoms with E-state index in [9.17, 15) is 0 Å². The van der Waals surface area contributed by atoms with E-state index in [0.29, 0.717) is 0 Å². The minimum absolute atomic E-state index is 0.946. The lowest BCUT2D eigenvalue weighted by atomic mass is 9.92. The van der Waals surface area contributed by atoms with Crippen molar-refractivity contribution in [3.8, 4) is 0 Å². The number of piperidine rings is 1. The highest BCUT2D eigenvalue weighted by Crippen LogP contribution is 2.29. The molecule has 1 nitrogen and oxygen atoms in total. The number of fused-ring (bicyclic) bond motifs is 1. The predicted octanol–water partition coefficient (Wildman–Crippen LogP) is 3.93. The average Bonchev–Trinajstić information content (AvgIpc) is 2.44. The third-order valence-electron chi connectivity index (χ3n) is 3.96. The van der Waals surface area contributed by atoms with Crippen LogP contribution in [0.5, 0.6) is 0 Å². The second-order valence-corrected chi connectivity index (χ2v) is 5.30. The van der Waals surface area contributed by atoms with Crippen molar-refractivity contribution in [3.63, 3.8) is 0 Å². The maximum atomic E-state index is 2.76. The zero-order chi connectivity index (χ0) is 11.3. The van der Waals surface area contributed by atoms with E-state index in [0.717, 1.165) is 17.9 Å². The molecule has 90 valence electrons. The largest absolute Gasteiger partial charge is 0.300 e. The standard InChI is InChI=1S/C12H23N.C2H6/c1-10-3-5-12-6-4-11(2)9-13(12)8-7-10;1-2/h10-12H,3-9H2,1-2H3;1-2H3. The molecule has 0 radical (unpaired) electrons. The van der Waals surface area contributed by atoms with Gasteiger partial charge in [0.2, 0.25) is 0 Å². The molecule has 1 heteroatoms. The molecule has 2 aliphatic rings. The second-order valence-electron chi connectivity index (χ2n) is 5.30. The molecule has 2 aliphatic heterocycles. The van der Waals surface area contributed by atoms with Crippen molar-refractivity contribution in [1.29, 1.82) is 0 Å². The lowest BCUT2D eigenvalue weighted by molar-refractivity contribution is 0.117. The van der Waals surface area contributed by atoms with E-state index in [1.165, 1.54) is 45.2 Å². The van der Waals surface area contributed by atoms with Gasteiger partial charge in [-0.1, -0.05) is 27.7 Å². The lowest BCUT2D eigenvalue weighted by Gasteiger charge is -2.37. The first-order valence-corrected chi connectivity index (χ1v) is 6.99. The summed E-state index contributed by atoms with van der Waals surface area (Å²) in [6, 6.07) is 0.946. The maximum Gasteiger partial charge on any atom is 0.00955 e. The van der Waals surface area contributed by atoms with Crippen LogP contribution in [0.3, 0.4) is 0 Å². The predicted molar refractivity (Wildman–Crippen MR) is 68.1 cm³/mol. The molecule has 2 heterocycles. The van der Waals surface area contributed by atoms with Crippen LogP contribution in [0.4, 0.5) is 0 Å². The minimum Gasteiger partial charge on any atom is -0.300 e. The van der Waals surface area contributed by atoms with E-state index < -0.39 is 0 Å². The SMILES string of the molecule is CC.CC1CCC2CCC(C)CN2CC1. The molecule has 0 aliphatic carbocycles. The minimum atomic E-state index is 0.946. The molecule has 2 rings (SSSR count). The second kappa shape index (κ2) is 6.52. The fourth-order valence-corrected chi connectivity index (χ4v) is 2.91. The Labute approximate surface area is 96.2 Å². The van der Waals surface area contributed by atoms with E-state index in [4.69, 9.17) is 0 Å². The first-order chi connectivity index (χ1) is 7.25.